The maximum atomic E-state index is 13.4. The van der Waals surface area contributed by atoms with Crippen LogP contribution in [0.5, 0.6) is 0 Å². The first-order chi connectivity index (χ1) is 15.7. The number of nitrogens with zero attached hydrogens (tertiary/aromatic N) is 4. The van der Waals surface area contributed by atoms with Crippen molar-refractivity contribution in [2.24, 2.45) is 0 Å². The number of aryl methyl sites for hydroxylation is 2. The zero-order valence-corrected chi connectivity index (χ0v) is 19.7. The minimum Gasteiger partial charge on any atom is -0.458 e. The molecule has 0 aliphatic carbocycles. The monoisotopic (exact) mass is 470 g/mol. The molecule has 1 aliphatic rings. The number of ether oxygens (including phenoxy) is 1. The van der Waals surface area contributed by atoms with Crippen molar-refractivity contribution in [3.05, 3.63) is 71.3 Å². The summed E-state index contributed by atoms with van der Waals surface area (Å²) in [5, 5.41) is -0.797. The van der Waals surface area contributed by atoms with Gasteiger partial charge < -0.3 is 14.5 Å². The van der Waals surface area contributed by atoms with E-state index in [-0.39, 0.29) is 42.9 Å². The molecule has 8 nitrogen and oxygen atoms in total. The number of piperazine rings is 1. The van der Waals surface area contributed by atoms with E-state index in [2.05, 4.69) is 16.5 Å². The van der Waals surface area contributed by atoms with Gasteiger partial charge in [-0.25, -0.2) is 14.8 Å². The molecule has 2 atom stereocenters. The molecule has 3 rings (SSSR count). The largest absolute Gasteiger partial charge is 0.458 e. The van der Waals surface area contributed by atoms with Crippen LogP contribution in [0.1, 0.15) is 50.2 Å². The number of benzene rings is 1. The molecule has 9 heteroatoms. The highest BCUT2D eigenvalue weighted by molar-refractivity contribution is 6.30. The third kappa shape index (κ3) is 5.39. The van der Waals surface area contributed by atoms with E-state index in [4.69, 9.17) is 16.3 Å². The molecule has 174 valence electrons. The SMILES string of the molecule is C=CCOC(=O)c1c(C)nc(C)nc1C(=O)N1CCN(C(=O)C(Cl)c2ccccc2)C(C)C1. The average Bonchev–Trinajstić information content (AvgIpc) is 2.81. The summed E-state index contributed by atoms with van der Waals surface area (Å²) in [5.41, 5.74) is 1.14. The van der Waals surface area contributed by atoms with Gasteiger partial charge in [0.1, 0.15) is 29.1 Å². The summed E-state index contributed by atoms with van der Waals surface area (Å²) in [6, 6.07) is 8.89. The topological polar surface area (TPSA) is 92.7 Å². The van der Waals surface area contributed by atoms with Crippen LogP contribution < -0.4 is 0 Å². The third-order valence-corrected chi connectivity index (χ3v) is 5.89. The zero-order chi connectivity index (χ0) is 24.1. The van der Waals surface area contributed by atoms with E-state index in [9.17, 15) is 14.4 Å². The molecule has 2 unspecified atom stereocenters. The van der Waals surface area contributed by atoms with Gasteiger partial charge >= 0.3 is 5.97 Å². The van der Waals surface area contributed by atoms with Gasteiger partial charge in [-0.05, 0) is 26.3 Å². The van der Waals surface area contributed by atoms with Crippen LogP contribution >= 0.6 is 11.6 Å². The number of hydrogen-bond acceptors (Lipinski definition) is 6. The molecule has 2 amide bonds. The Morgan fingerprint density at radius 3 is 2.55 bits per heavy atom. The van der Waals surface area contributed by atoms with Crippen molar-refractivity contribution >= 4 is 29.4 Å². The number of esters is 1. The van der Waals surface area contributed by atoms with Crippen molar-refractivity contribution in [1.82, 2.24) is 19.8 Å². The van der Waals surface area contributed by atoms with Gasteiger partial charge in [0.2, 0.25) is 5.91 Å². The van der Waals surface area contributed by atoms with Gasteiger partial charge in [-0.2, -0.15) is 0 Å². The normalized spacial score (nSPS) is 16.8. The molecule has 1 aromatic heterocycles. The van der Waals surface area contributed by atoms with Crippen molar-refractivity contribution < 1.29 is 19.1 Å². The molecule has 2 aromatic rings. The van der Waals surface area contributed by atoms with Gasteiger partial charge in [0.25, 0.3) is 5.91 Å². The molecular formula is C24H27ClN4O4. The molecule has 0 saturated carbocycles. The van der Waals surface area contributed by atoms with Crippen LogP contribution in [0.3, 0.4) is 0 Å². The van der Waals surface area contributed by atoms with Gasteiger partial charge in [0.15, 0.2) is 0 Å². The maximum absolute atomic E-state index is 13.4. The summed E-state index contributed by atoms with van der Waals surface area (Å²) in [6.45, 7) is 9.59. The summed E-state index contributed by atoms with van der Waals surface area (Å²) in [7, 11) is 0. The van der Waals surface area contributed by atoms with Gasteiger partial charge in [0.05, 0.1) is 5.69 Å². The summed E-state index contributed by atoms with van der Waals surface area (Å²) < 4.78 is 5.14. The fraction of sp³-hybridized carbons (Fsp3) is 0.375. The lowest BCUT2D eigenvalue weighted by atomic mass is 10.1. The fourth-order valence-electron chi connectivity index (χ4n) is 3.85. The highest BCUT2D eigenvalue weighted by Gasteiger charge is 2.35. The van der Waals surface area contributed by atoms with Gasteiger partial charge in [-0.1, -0.05) is 43.0 Å². The first kappa shape index (κ1) is 24.4. The summed E-state index contributed by atoms with van der Waals surface area (Å²) in [4.78, 5) is 50.7. The predicted molar refractivity (Wildman–Crippen MR) is 124 cm³/mol. The van der Waals surface area contributed by atoms with Crippen LogP contribution in [-0.2, 0) is 9.53 Å². The fourth-order valence-corrected chi connectivity index (χ4v) is 4.12. The molecule has 1 aliphatic heterocycles. The Kier molecular flexibility index (Phi) is 7.81. The van der Waals surface area contributed by atoms with Crippen molar-refractivity contribution in [2.45, 2.75) is 32.2 Å². The molecule has 1 fully saturated rings. The Morgan fingerprint density at radius 2 is 1.91 bits per heavy atom. The van der Waals surface area contributed by atoms with Gasteiger partial charge in [-0.15, -0.1) is 11.6 Å². The number of amides is 2. The minimum absolute atomic E-state index is 0.000504. The second-order valence-electron chi connectivity index (χ2n) is 7.87. The second-order valence-corrected chi connectivity index (χ2v) is 8.31. The van der Waals surface area contributed by atoms with Crippen LogP contribution in [0.4, 0.5) is 0 Å². The van der Waals surface area contributed by atoms with E-state index in [1.54, 1.807) is 23.6 Å². The van der Waals surface area contributed by atoms with E-state index in [0.29, 0.717) is 18.1 Å². The highest BCUT2D eigenvalue weighted by Crippen LogP contribution is 2.26. The lowest BCUT2D eigenvalue weighted by molar-refractivity contribution is -0.135. The van der Waals surface area contributed by atoms with E-state index < -0.39 is 17.3 Å². The van der Waals surface area contributed by atoms with E-state index in [0.717, 1.165) is 5.56 Å². The van der Waals surface area contributed by atoms with Crippen LogP contribution in [0.15, 0.2) is 43.0 Å². The first-order valence-corrected chi connectivity index (χ1v) is 11.1. The molecule has 0 radical (unpaired) electrons. The van der Waals surface area contributed by atoms with E-state index in [1.165, 1.54) is 6.08 Å². The van der Waals surface area contributed by atoms with Crippen molar-refractivity contribution in [1.29, 1.82) is 0 Å². The molecule has 1 aromatic carbocycles. The standard InChI is InChI=1S/C24H27ClN4O4/c1-5-13-33-24(32)19-16(3)26-17(4)27-21(19)23(31)28-11-12-29(15(2)14-28)22(30)20(25)18-9-7-6-8-10-18/h5-10,15,20H,1,11-14H2,2-4H3. The Morgan fingerprint density at radius 1 is 1.21 bits per heavy atom. The number of halogens is 1. The number of carbonyl (C=O) groups is 3. The zero-order valence-electron chi connectivity index (χ0n) is 19.0. The van der Waals surface area contributed by atoms with Crippen LogP contribution in [-0.4, -0.2) is 69.8 Å². The third-order valence-electron chi connectivity index (χ3n) is 5.45. The number of hydrogen-bond donors (Lipinski definition) is 0. The maximum Gasteiger partial charge on any atom is 0.342 e. The lowest BCUT2D eigenvalue weighted by Gasteiger charge is -2.40. The van der Waals surface area contributed by atoms with Gasteiger partial charge in [-0.3, -0.25) is 9.59 Å². The molecule has 0 spiro atoms. The van der Waals surface area contributed by atoms with Gasteiger partial charge in [0, 0.05) is 25.7 Å². The van der Waals surface area contributed by atoms with E-state index >= 15 is 0 Å². The molecular weight excluding hydrogens is 444 g/mol. The quantitative estimate of drug-likeness (QED) is 0.366. The number of aromatic nitrogens is 2. The Bertz CT molecular complexity index is 1060. The van der Waals surface area contributed by atoms with Crippen molar-refractivity contribution in [3.8, 4) is 0 Å². The summed E-state index contributed by atoms with van der Waals surface area (Å²) in [5.74, 6) is -0.903. The van der Waals surface area contributed by atoms with E-state index in [1.807, 2.05) is 37.3 Å². The molecule has 2 heterocycles. The summed E-state index contributed by atoms with van der Waals surface area (Å²) >= 11 is 6.44. The Hall–Kier alpha value is -3.26. The molecule has 33 heavy (non-hydrogen) atoms. The number of rotatable bonds is 6. The van der Waals surface area contributed by atoms with Crippen LogP contribution in [0.25, 0.3) is 0 Å². The Balaban J connectivity index is 1.78. The Labute approximate surface area is 198 Å². The van der Waals surface area contributed by atoms with Crippen LogP contribution in [0, 0.1) is 13.8 Å². The predicted octanol–water partition coefficient (Wildman–Crippen LogP) is 3.09. The second kappa shape index (κ2) is 10.6. The average molecular weight is 471 g/mol. The number of alkyl halides is 1. The summed E-state index contributed by atoms with van der Waals surface area (Å²) in [6.07, 6.45) is 1.45. The molecule has 0 N–H and O–H groups in total. The lowest BCUT2D eigenvalue weighted by Crippen LogP contribution is -2.56. The molecule has 0 bridgehead atoms. The smallest absolute Gasteiger partial charge is 0.342 e. The van der Waals surface area contributed by atoms with Crippen molar-refractivity contribution in [3.63, 3.8) is 0 Å². The van der Waals surface area contributed by atoms with Crippen molar-refractivity contribution in [2.75, 3.05) is 26.2 Å². The van der Waals surface area contributed by atoms with Crippen LogP contribution in [0.2, 0.25) is 0 Å². The first-order valence-electron chi connectivity index (χ1n) is 10.7. The number of carbonyl (C=O) groups excluding carboxylic acids is 3. The molecule has 1 saturated heterocycles. The minimum atomic E-state index is -0.797. The highest BCUT2D eigenvalue weighted by atomic mass is 35.5.